The van der Waals surface area contributed by atoms with Crippen LogP contribution in [0.5, 0.6) is 5.75 Å². The average Bonchev–Trinajstić information content (AvgIpc) is 2.88. The number of carboxylic acid groups (broad SMARTS) is 1. The third kappa shape index (κ3) is 5.39. The van der Waals surface area contributed by atoms with Gasteiger partial charge >= 0.3 is 5.97 Å². The fourth-order valence-corrected chi connectivity index (χ4v) is 5.08. The Morgan fingerprint density at radius 3 is 2.59 bits per heavy atom. The van der Waals surface area contributed by atoms with E-state index in [4.69, 9.17) is 4.74 Å². The van der Waals surface area contributed by atoms with Gasteiger partial charge < -0.3 is 14.7 Å². The van der Waals surface area contributed by atoms with Crippen LogP contribution < -0.4 is 9.64 Å². The molecule has 1 unspecified atom stereocenters. The number of ether oxygens (including phenoxy) is 1. The number of carbonyl (C=O) groups is 1. The Balaban J connectivity index is 0.00000320. The van der Waals surface area contributed by atoms with Gasteiger partial charge in [-0.15, -0.1) is 12.4 Å². The van der Waals surface area contributed by atoms with E-state index in [0.717, 1.165) is 25.3 Å². The van der Waals surface area contributed by atoms with Crippen molar-refractivity contribution in [2.24, 2.45) is 0 Å². The summed E-state index contributed by atoms with van der Waals surface area (Å²) < 4.78 is 35.0. The van der Waals surface area contributed by atoms with Crippen LogP contribution in [-0.4, -0.2) is 23.7 Å². The van der Waals surface area contributed by atoms with Gasteiger partial charge in [0.25, 0.3) is 0 Å². The summed E-state index contributed by atoms with van der Waals surface area (Å²) in [5.41, 5.74) is 1.52. The van der Waals surface area contributed by atoms with E-state index in [1.807, 2.05) is 6.07 Å². The summed E-state index contributed by atoms with van der Waals surface area (Å²) in [5, 5.41) is 11.9. The molecule has 0 saturated heterocycles. The van der Waals surface area contributed by atoms with Gasteiger partial charge in [0.1, 0.15) is 23.4 Å². The first-order valence-electron chi connectivity index (χ1n) is 12.2. The molecule has 1 heterocycles. The van der Waals surface area contributed by atoms with Crippen LogP contribution in [0.2, 0.25) is 0 Å². The maximum absolute atomic E-state index is 14.8. The van der Waals surface area contributed by atoms with E-state index in [0.29, 0.717) is 23.9 Å². The van der Waals surface area contributed by atoms with Crippen molar-refractivity contribution in [1.29, 1.82) is 0 Å². The van der Waals surface area contributed by atoms with Crippen molar-refractivity contribution < 1.29 is 23.4 Å². The first-order valence-corrected chi connectivity index (χ1v) is 12.2. The summed E-state index contributed by atoms with van der Waals surface area (Å²) in [7, 11) is 0. The summed E-state index contributed by atoms with van der Waals surface area (Å²) in [4.78, 5) is 13.2. The lowest BCUT2D eigenvalue weighted by Crippen LogP contribution is -2.38. The number of anilines is 2. The molecule has 192 valence electrons. The summed E-state index contributed by atoms with van der Waals surface area (Å²) in [6, 6.07) is 23.2. The molecule has 0 aliphatic carbocycles. The standard InChI is InChI=1S/C30H27F2NO3.ClH/c1-19(23-12-5-9-20-8-2-3-11-24(20)23)7-4-10-22-18-33(29-27(32)13-6-14-28(29)36-22)21-15-16-26(31)25(17-21)30(34)35;/h2-3,5-6,8-9,11-17,19,22H,4,7,10,18H2,1H3,(H,34,35);1H/t19-,22?;/m0./s1. The molecule has 7 heteroatoms. The van der Waals surface area contributed by atoms with E-state index in [1.165, 1.54) is 34.5 Å². The highest BCUT2D eigenvalue weighted by molar-refractivity contribution is 5.90. The Labute approximate surface area is 220 Å². The van der Waals surface area contributed by atoms with Crippen molar-refractivity contribution in [2.75, 3.05) is 11.4 Å². The van der Waals surface area contributed by atoms with Crippen LogP contribution in [0.1, 0.15) is 48.0 Å². The molecule has 0 amide bonds. The minimum Gasteiger partial charge on any atom is -0.486 e. The lowest BCUT2D eigenvalue weighted by molar-refractivity contribution is 0.0692. The van der Waals surface area contributed by atoms with E-state index in [2.05, 4.69) is 43.3 Å². The van der Waals surface area contributed by atoms with Gasteiger partial charge in [-0.25, -0.2) is 13.6 Å². The Kier molecular flexibility index (Phi) is 7.98. The Hall–Kier alpha value is -3.64. The second-order valence-electron chi connectivity index (χ2n) is 9.31. The molecule has 5 rings (SSSR count). The first-order chi connectivity index (χ1) is 17.4. The highest BCUT2D eigenvalue weighted by Gasteiger charge is 2.30. The molecule has 0 radical (unpaired) electrons. The monoisotopic (exact) mass is 523 g/mol. The third-order valence-electron chi connectivity index (χ3n) is 6.91. The lowest BCUT2D eigenvalue weighted by atomic mass is 9.90. The third-order valence-corrected chi connectivity index (χ3v) is 6.91. The summed E-state index contributed by atoms with van der Waals surface area (Å²) >= 11 is 0. The molecule has 4 aromatic carbocycles. The van der Waals surface area contributed by atoms with Crippen molar-refractivity contribution in [1.82, 2.24) is 0 Å². The smallest absolute Gasteiger partial charge is 0.338 e. The van der Waals surface area contributed by atoms with Crippen LogP contribution in [0.15, 0.2) is 78.9 Å². The number of para-hydroxylation sites is 1. The Morgan fingerprint density at radius 1 is 1.03 bits per heavy atom. The van der Waals surface area contributed by atoms with E-state index in [9.17, 15) is 18.7 Å². The van der Waals surface area contributed by atoms with Crippen molar-refractivity contribution in [2.45, 2.75) is 38.2 Å². The fourth-order valence-electron chi connectivity index (χ4n) is 5.08. The number of benzene rings is 4. The predicted octanol–water partition coefficient (Wildman–Crippen LogP) is 8.11. The van der Waals surface area contributed by atoms with Crippen molar-refractivity contribution in [3.63, 3.8) is 0 Å². The van der Waals surface area contributed by atoms with Gasteiger partial charge in [-0.05, 0) is 71.8 Å². The van der Waals surface area contributed by atoms with E-state index >= 15 is 0 Å². The molecule has 0 spiro atoms. The minimum atomic E-state index is -1.37. The van der Waals surface area contributed by atoms with Gasteiger partial charge in [0.15, 0.2) is 5.82 Å². The molecule has 2 atom stereocenters. The maximum atomic E-state index is 14.8. The number of carboxylic acids is 1. The zero-order valence-corrected chi connectivity index (χ0v) is 21.2. The topological polar surface area (TPSA) is 49.8 Å². The molecular weight excluding hydrogens is 496 g/mol. The first kappa shape index (κ1) is 26.4. The van der Waals surface area contributed by atoms with Crippen LogP contribution >= 0.6 is 12.4 Å². The van der Waals surface area contributed by atoms with Gasteiger partial charge in [0.05, 0.1) is 12.1 Å². The normalized spacial score (nSPS) is 15.4. The molecule has 0 aromatic heterocycles. The second-order valence-corrected chi connectivity index (χ2v) is 9.31. The van der Waals surface area contributed by atoms with Gasteiger partial charge in [0, 0.05) is 5.69 Å². The zero-order valence-electron chi connectivity index (χ0n) is 20.4. The molecule has 0 bridgehead atoms. The number of fused-ring (bicyclic) bond motifs is 2. The molecule has 1 N–H and O–H groups in total. The molecule has 1 aliphatic heterocycles. The van der Waals surface area contributed by atoms with Crippen molar-refractivity contribution in [3.8, 4) is 5.75 Å². The molecular formula is C30H28ClF2NO3. The van der Waals surface area contributed by atoms with Gasteiger partial charge in [-0.2, -0.15) is 0 Å². The van der Waals surface area contributed by atoms with Gasteiger partial charge in [-0.1, -0.05) is 55.5 Å². The van der Waals surface area contributed by atoms with Crippen molar-refractivity contribution >= 4 is 40.5 Å². The van der Waals surface area contributed by atoms with Gasteiger partial charge in [-0.3, -0.25) is 0 Å². The molecule has 4 nitrogen and oxygen atoms in total. The number of nitrogens with zero attached hydrogens (tertiary/aromatic N) is 1. The Bertz CT molecular complexity index is 1420. The molecule has 0 saturated carbocycles. The van der Waals surface area contributed by atoms with E-state index in [1.54, 1.807) is 17.0 Å². The van der Waals surface area contributed by atoms with Crippen LogP contribution in [0.3, 0.4) is 0 Å². The molecule has 37 heavy (non-hydrogen) atoms. The molecule has 0 fully saturated rings. The quantitative estimate of drug-likeness (QED) is 0.266. The second kappa shape index (κ2) is 11.2. The van der Waals surface area contributed by atoms with E-state index in [-0.39, 0.29) is 24.2 Å². The maximum Gasteiger partial charge on any atom is 0.338 e. The number of aromatic carboxylic acids is 1. The largest absolute Gasteiger partial charge is 0.486 e. The minimum absolute atomic E-state index is 0. The lowest BCUT2D eigenvalue weighted by Gasteiger charge is -2.37. The van der Waals surface area contributed by atoms with Crippen LogP contribution in [0.25, 0.3) is 10.8 Å². The summed E-state index contributed by atoms with van der Waals surface area (Å²) in [6.45, 7) is 2.56. The highest BCUT2D eigenvalue weighted by atomic mass is 35.5. The zero-order chi connectivity index (χ0) is 25.2. The van der Waals surface area contributed by atoms with Gasteiger partial charge in [0.2, 0.25) is 0 Å². The number of rotatable bonds is 7. The Morgan fingerprint density at radius 2 is 1.78 bits per heavy atom. The summed E-state index contributed by atoms with van der Waals surface area (Å²) in [5.74, 6) is -1.91. The fraction of sp³-hybridized carbons (Fsp3) is 0.233. The van der Waals surface area contributed by atoms with Crippen LogP contribution in [-0.2, 0) is 0 Å². The van der Waals surface area contributed by atoms with Crippen LogP contribution in [0.4, 0.5) is 20.2 Å². The highest BCUT2D eigenvalue weighted by Crippen LogP contribution is 2.41. The number of hydrogen-bond acceptors (Lipinski definition) is 3. The predicted molar refractivity (Wildman–Crippen MR) is 145 cm³/mol. The molecule has 4 aromatic rings. The number of halogens is 3. The van der Waals surface area contributed by atoms with Crippen LogP contribution in [0, 0.1) is 11.6 Å². The number of hydrogen-bond donors (Lipinski definition) is 1. The van der Waals surface area contributed by atoms with Crippen molar-refractivity contribution in [3.05, 3.63) is 102 Å². The molecule has 1 aliphatic rings. The SMILES string of the molecule is C[C@@H](CCCC1CN(c2ccc(F)c(C(=O)O)c2)c2c(F)cccc2O1)c1cccc2ccccc12.Cl. The van der Waals surface area contributed by atoms with E-state index < -0.39 is 23.2 Å². The average molecular weight is 524 g/mol. The summed E-state index contributed by atoms with van der Waals surface area (Å²) in [6.07, 6.45) is 2.38.